The summed E-state index contributed by atoms with van der Waals surface area (Å²) in [4.78, 5) is 4.46. The van der Waals surface area contributed by atoms with Crippen LogP contribution in [0.25, 0.3) is 23.0 Å². The lowest BCUT2D eigenvalue weighted by atomic mass is 9.86. The fourth-order valence-corrected chi connectivity index (χ4v) is 2.31. The van der Waals surface area contributed by atoms with Gasteiger partial charge in [-0.05, 0) is 36.1 Å². The lowest BCUT2D eigenvalue weighted by molar-refractivity contribution is 0.413. The molecular formula is C17H20N4O2. The molecule has 1 aromatic carbocycles. The maximum Gasteiger partial charge on any atom is 0.278 e. The highest BCUT2D eigenvalue weighted by molar-refractivity contribution is 5.66. The van der Waals surface area contributed by atoms with E-state index in [2.05, 4.69) is 47.2 Å². The summed E-state index contributed by atoms with van der Waals surface area (Å²) in [5, 5.41) is 11.1. The first kappa shape index (κ1) is 15.3. The molecule has 0 aliphatic carbocycles. The second-order valence-electron chi connectivity index (χ2n) is 6.52. The second-order valence-corrected chi connectivity index (χ2v) is 6.52. The van der Waals surface area contributed by atoms with Crippen molar-refractivity contribution >= 4 is 0 Å². The van der Waals surface area contributed by atoms with Crippen LogP contribution in [-0.2, 0) is 5.41 Å². The number of aryl methyl sites for hydroxylation is 1. The quantitative estimate of drug-likeness (QED) is 0.797. The molecule has 0 radical (unpaired) electrons. The number of H-pyrrole nitrogens is 1. The molecule has 0 bridgehead atoms. The molecule has 3 rings (SSSR count). The van der Waals surface area contributed by atoms with Crippen molar-refractivity contribution in [2.75, 3.05) is 7.11 Å². The number of methoxy groups -OCH3 is 1. The van der Waals surface area contributed by atoms with Gasteiger partial charge in [0.25, 0.3) is 5.89 Å². The van der Waals surface area contributed by atoms with Gasteiger partial charge in [-0.3, -0.25) is 5.10 Å². The minimum atomic E-state index is 0.0207. The Hall–Kier alpha value is -2.63. The zero-order valence-corrected chi connectivity index (χ0v) is 14.0. The van der Waals surface area contributed by atoms with Crippen LogP contribution >= 0.6 is 0 Å². The zero-order chi connectivity index (χ0) is 16.6. The average Bonchev–Trinajstić information content (AvgIpc) is 3.14. The van der Waals surface area contributed by atoms with E-state index in [1.165, 1.54) is 5.56 Å². The summed E-state index contributed by atoms with van der Waals surface area (Å²) in [5.41, 5.74) is 3.57. The van der Waals surface area contributed by atoms with Gasteiger partial charge >= 0.3 is 0 Å². The topological polar surface area (TPSA) is 76.8 Å². The molecule has 0 saturated carbocycles. The van der Waals surface area contributed by atoms with E-state index in [0.717, 1.165) is 11.3 Å². The van der Waals surface area contributed by atoms with Crippen LogP contribution < -0.4 is 4.74 Å². The maximum atomic E-state index is 5.44. The van der Waals surface area contributed by atoms with Crippen molar-refractivity contribution in [3.63, 3.8) is 0 Å². The van der Waals surface area contributed by atoms with Crippen molar-refractivity contribution in [2.24, 2.45) is 0 Å². The van der Waals surface area contributed by atoms with Crippen molar-refractivity contribution in [1.82, 2.24) is 20.3 Å². The molecule has 0 unspecified atom stereocenters. The van der Waals surface area contributed by atoms with E-state index >= 15 is 0 Å². The molecule has 0 saturated heterocycles. The molecular weight excluding hydrogens is 292 g/mol. The molecule has 0 aliphatic rings. The molecule has 0 aliphatic heterocycles. The van der Waals surface area contributed by atoms with Crippen molar-refractivity contribution in [3.8, 4) is 28.7 Å². The molecule has 6 nitrogen and oxygen atoms in total. The van der Waals surface area contributed by atoms with Gasteiger partial charge in [0, 0.05) is 5.69 Å². The lowest BCUT2D eigenvalue weighted by Crippen LogP contribution is -2.11. The van der Waals surface area contributed by atoms with E-state index in [0.29, 0.717) is 23.2 Å². The number of nitrogens with zero attached hydrogens (tertiary/aromatic N) is 3. The number of rotatable bonds is 3. The SMILES string of the molecule is COc1ccc(C(C)(C)C)cc1-c1noc(-c2cc(C)[nH]n2)n1. The Labute approximate surface area is 134 Å². The molecule has 6 heteroatoms. The molecule has 23 heavy (non-hydrogen) atoms. The monoisotopic (exact) mass is 312 g/mol. The number of hydrogen-bond acceptors (Lipinski definition) is 5. The highest BCUT2D eigenvalue weighted by Gasteiger charge is 2.20. The summed E-state index contributed by atoms with van der Waals surface area (Å²) in [6.07, 6.45) is 0. The van der Waals surface area contributed by atoms with Crippen molar-refractivity contribution in [3.05, 3.63) is 35.5 Å². The third-order valence-corrected chi connectivity index (χ3v) is 3.66. The third-order valence-electron chi connectivity index (χ3n) is 3.66. The highest BCUT2D eigenvalue weighted by Crippen LogP contribution is 2.34. The number of ether oxygens (including phenoxy) is 1. The smallest absolute Gasteiger partial charge is 0.278 e. The van der Waals surface area contributed by atoms with Gasteiger partial charge in [-0.2, -0.15) is 10.1 Å². The van der Waals surface area contributed by atoms with Crippen LogP contribution in [0.2, 0.25) is 0 Å². The number of nitrogens with one attached hydrogen (secondary N) is 1. The summed E-state index contributed by atoms with van der Waals surface area (Å²) in [6, 6.07) is 7.90. The van der Waals surface area contributed by atoms with Gasteiger partial charge in [0.15, 0.2) is 5.69 Å². The summed E-state index contributed by atoms with van der Waals surface area (Å²) in [5.74, 6) is 1.58. The van der Waals surface area contributed by atoms with Gasteiger partial charge in [0.2, 0.25) is 5.82 Å². The Morgan fingerprint density at radius 1 is 1.17 bits per heavy atom. The zero-order valence-electron chi connectivity index (χ0n) is 14.0. The van der Waals surface area contributed by atoms with Crippen LogP contribution in [0.1, 0.15) is 32.0 Å². The molecule has 0 amide bonds. The standard InChI is InChI=1S/C17H20N4O2/c1-10-8-13(20-19-10)16-18-15(21-23-16)12-9-11(17(2,3)4)6-7-14(12)22-5/h6-9H,1-5H3,(H,19,20). The van der Waals surface area contributed by atoms with Gasteiger partial charge < -0.3 is 9.26 Å². The Morgan fingerprint density at radius 2 is 1.96 bits per heavy atom. The minimum Gasteiger partial charge on any atom is -0.496 e. The van der Waals surface area contributed by atoms with E-state index in [-0.39, 0.29) is 5.41 Å². The predicted octanol–water partition coefficient (Wildman–Crippen LogP) is 3.74. The number of aromatic amines is 1. The van der Waals surface area contributed by atoms with Crippen molar-refractivity contribution in [2.45, 2.75) is 33.1 Å². The first-order valence-corrected chi connectivity index (χ1v) is 7.43. The first-order chi connectivity index (χ1) is 10.9. The molecule has 0 fully saturated rings. The summed E-state index contributed by atoms with van der Waals surface area (Å²) < 4.78 is 10.8. The van der Waals surface area contributed by atoms with Crippen molar-refractivity contribution < 1.29 is 9.26 Å². The summed E-state index contributed by atoms with van der Waals surface area (Å²) in [6.45, 7) is 8.40. The number of hydrogen-bond donors (Lipinski definition) is 1. The van der Waals surface area contributed by atoms with Crippen LogP contribution in [-0.4, -0.2) is 27.4 Å². The normalized spacial score (nSPS) is 11.7. The first-order valence-electron chi connectivity index (χ1n) is 7.43. The Morgan fingerprint density at radius 3 is 2.57 bits per heavy atom. The van der Waals surface area contributed by atoms with E-state index in [1.807, 2.05) is 25.1 Å². The van der Waals surface area contributed by atoms with Gasteiger partial charge in [-0.15, -0.1) is 0 Å². The third kappa shape index (κ3) is 2.97. The van der Waals surface area contributed by atoms with Gasteiger partial charge in [0.1, 0.15) is 5.75 Å². The van der Waals surface area contributed by atoms with Crippen LogP contribution in [0, 0.1) is 6.92 Å². The van der Waals surface area contributed by atoms with Gasteiger partial charge in [-0.25, -0.2) is 0 Å². The molecule has 2 heterocycles. The molecule has 1 N–H and O–H groups in total. The maximum absolute atomic E-state index is 5.44. The number of benzene rings is 1. The van der Waals surface area contributed by atoms with Crippen LogP contribution in [0.3, 0.4) is 0 Å². The fourth-order valence-electron chi connectivity index (χ4n) is 2.31. The Bertz CT molecular complexity index is 827. The second kappa shape index (κ2) is 5.53. The van der Waals surface area contributed by atoms with Gasteiger partial charge in [-0.1, -0.05) is 32.0 Å². The van der Waals surface area contributed by atoms with Crippen LogP contribution in [0.5, 0.6) is 5.75 Å². The molecule has 0 atom stereocenters. The largest absolute Gasteiger partial charge is 0.496 e. The lowest BCUT2D eigenvalue weighted by Gasteiger charge is -2.20. The molecule has 0 spiro atoms. The highest BCUT2D eigenvalue weighted by atomic mass is 16.5. The van der Waals surface area contributed by atoms with E-state index < -0.39 is 0 Å². The molecule has 3 aromatic rings. The minimum absolute atomic E-state index is 0.0207. The Balaban J connectivity index is 2.06. The average molecular weight is 312 g/mol. The van der Waals surface area contributed by atoms with E-state index in [9.17, 15) is 0 Å². The van der Waals surface area contributed by atoms with Crippen LogP contribution in [0.15, 0.2) is 28.8 Å². The molecule has 2 aromatic heterocycles. The van der Waals surface area contributed by atoms with Crippen LogP contribution in [0.4, 0.5) is 0 Å². The fraction of sp³-hybridized carbons (Fsp3) is 0.353. The van der Waals surface area contributed by atoms with E-state index in [1.54, 1.807) is 7.11 Å². The van der Waals surface area contributed by atoms with Crippen molar-refractivity contribution in [1.29, 1.82) is 0 Å². The summed E-state index contributed by atoms with van der Waals surface area (Å²) >= 11 is 0. The number of aromatic nitrogens is 4. The Kier molecular flexibility index (Phi) is 3.67. The van der Waals surface area contributed by atoms with Gasteiger partial charge in [0.05, 0.1) is 12.7 Å². The molecule has 120 valence electrons. The van der Waals surface area contributed by atoms with E-state index in [4.69, 9.17) is 9.26 Å². The summed E-state index contributed by atoms with van der Waals surface area (Å²) in [7, 11) is 1.63. The predicted molar refractivity (Wildman–Crippen MR) is 87.3 cm³/mol.